The maximum atomic E-state index is 5.78. The molecule has 0 atom stereocenters. The monoisotopic (exact) mass is 258 g/mol. The lowest BCUT2D eigenvalue weighted by atomic mass is 10.1. The van der Waals surface area contributed by atoms with Gasteiger partial charge < -0.3 is 4.98 Å². The number of imidazole rings is 1. The first-order chi connectivity index (χ1) is 6.09. The van der Waals surface area contributed by atoms with Crippen LogP contribution >= 0.6 is 27.5 Å². The minimum atomic E-state index is 0.440. The number of benzene rings is 1. The zero-order valence-corrected chi connectivity index (χ0v) is 9.62. The standard InChI is InChI=1S/C9H8BrClN2/c1-4-5(2)8-7(3-6(4)10)12-9(11)13-8/h3H,1-2H3,(H,12,13). The third-order valence-corrected chi connectivity index (χ3v) is 3.26. The summed E-state index contributed by atoms with van der Waals surface area (Å²) >= 11 is 9.26. The van der Waals surface area contributed by atoms with Crippen LogP contribution < -0.4 is 0 Å². The van der Waals surface area contributed by atoms with Crippen LogP contribution in [0.2, 0.25) is 5.28 Å². The number of nitrogens with zero attached hydrogens (tertiary/aromatic N) is 1. The summed E-state index contributed by atoms with van der Waals surface area (Å²) < 4.78 is 1.07. The number of H-pyrrole nitrogens is 1. The van der Waals surface area contributed by atoms with Gasteiger partial charge in [0.25, 0.3) is 0 Å². The van der Waals surface area contributed by atoms with Gasteiger partial charge in [0.15, 0.2) is 0 Å². The quantitative estimate of drug-likeness (QED) is 0.769. The summed E-state index contributed by atoms with van der Waals surface area (Å²) in [5.74, 6) is 0. The van der Waals surface area contributed by atoms with Crippen LogP contribution in [0.3, 0.4) is 0 Å². The van der Waals surface area contributed by atoms with Crippen molar-refractivity contribution in [2.75, 3.05) is 0 Å². The van der Waals surface area contributed by atoms with E-state index in [-0.39, 0.29) is 0 Å². The lowest BCUT2D eigenvalue weighted by Crippen LogP contribution is -1.84. The molecule has 4 heteroatoms. The Bertz CT molecular complexity index is 476. The number of aromatic amines is 1. The van der Waals surface area contributed by atoms with Gasteiger partial charge in [0, 0.05) is 4.47 Å². The first kappa shape index (κ1) is 9.03. The molecule has 0 amide bonds. The average Bonchev–Trinajstić information content (AvgIpc) is 2.42. The van der Waals surface area contributed by atoms with Gasteiger partial charge in [-0.15, -0.1) is 0 Å². The Labute approximate surface area is 89.4 Å². The first-order valence-electron chi connectivity index (χ1n) is 3.90. The van der Waals surface area contributed by atoms with E-state index in [2.05, 4.69) is 39.7 Å². The molecule has 0 bridgehead atoms. The van der Waals surface area contributed by atoms with E-state index in [9.17, 15) is 0 Å². The van der Waals surface area contributed by atoms with E-state index in [1.807, 2.05) is 6.07 Å². The van der Waals surface area contributed by atoms with Crippen molar-refractivity contribution in [3.8, 4) is 0 Å². The summed E-state index contributed by atoms with van der Waals surface area (Å²) in [6, 6.07) is 1.97. The Balaban J connectivity index is 2.92. The predicted molar refractivity (Wildman–Crippen MR) is 58.3 cm³/mol. The van der Waals surface area contributed by atoms with Gasteiger partial charge in [-0.1, -0.05) is 15.9 Å². The van der Waals surface area contributed by atoms with E-state index in [0.717, 1.165) is 15.5 Å². The Morgan fingerprint density at radius 2 is 2.08 bits per heavy atom. The molecule has 1 N–H and O–H groups in total. The van der Waals surface area contributed by atoms with Crippen LogP contribution in [0.15, 0.2) is 10.5 Å². The molecule has 2 aromatic rings. The summed E-state index contributed by atoms with van der Waals surface area (Å²) in [7, 11) is 0. The predicted octanol–water partition coefficient (Wildman–Crippen LogP) is 3.60. The third kappa shape index (κ3) is 1.36. The van der Waals surface area contributed by atoms with Crippen molar-refractivity contribution in [2.24, 2.45) is 0 Å². The highest BCUT2D eigenvalue weighted by atomic mass is 79.9. The highest BCUT2D eigenvalue weighted by Gasteiger charge is 2.08. The van der Waals surface area contributed by atoms with Crippen molar-refractivity contribution in [1.82, 2.24) is 9.97 Å². The second kappa shape index (κ2) is 3.00. The average molecular weight is 260 g/mol. The maximum absolute atomic E-state index is 5.78. The van der Waals surface area contributed by atoms with Gasteiger partial charge in [0.2, 0.25) is 5.28 Å². The molecule has 0 aliphatic carbocycles. The molecule has 0 aliphatic rings. The van der Waals surface area contributed by atoms with Crippen LogP contribution in [-0.2, 0) is 0 Å². The van der Waals surface area contributed by atoms with E-state index >= 15 is 0 Å². The normalized spacial score (nSPS) is 11.1. The second-order valence-electron chi connectivity index (χ2n) is 3.03. The van der Waals surface area contributed by atoms with Crippen molar-refractivity contribution in [3.63, 3.8) is 0 Å². The molecule has 13 heavy (non-hydrogen) atoms. The number of rotatable bonds is 0. The van der Waals surface area contributed by atoms with Gasteiger partial charge in [-0.25, -0.2) is 4.98 Å². The third-order valence-electron chi connectivity index (χ3n) is 2.26. The summed E-state index contributed by atoms with van der Waals surface area (Å²) in [4.78, 5) is 7.18. The molecule has 1 aromatic heterocycles. The zero-order chi connectivity index (χ0) is 9.59. The summed E-state index contributed by atoms with van der Waals surface area (Å²) in [5, 5.41) is 0.440. The molecule has 0 unspecified atom stereocenters. The van der Waals surface area contributed by atoms with Crippen molar-refractivity contribution in [2.45, 2.75) is 13.8 Å². The topological polar surface area (TPSA) is 28.7 Å². The molecular formula is C9H8BrClN2. The molecule has 1 heterocycles. The number of halogens is 2. The van der Waals surface area contributed by atoms with Gasteiger partial charge in [0.05, 0.1) is 11.0 Å². The van der Waals surface area contributed by atoms with Crippen LogP contribution in [0.1, 0.15) is 11.1 Å². The molecule has 1 aromatic carbocycles. The Morgan fingerprint density at radius 1 is 1.38 bits per heavy atom. The number of nitrogens with one attached hydrogen (secondary N) is 1. The fourth-order valence-electron chi connectivity index (χ4n) is 1.34. The molecule has 0 spiro atoms. The smallest absolute Gasteiger partial charge is 0.201 e. The van der Waals surface area contributed by atoms with E-state index in [1.165, 1.54) is 11.1 Å². The molecule has 0 radical (unpaired) electrons. The Hall–Kier alpha value is -0.540. The van der Waals surface area contributed by atoms with Gasteiger partial charge in [-0.3, -0.25) is 0 Å². The van der Waals surface area contributed by atoms with Crippen LogP contribution in [0, 0.1) is 13.8 Å². The van der Waals surface area contributed by atoms with Gasteiger partial charge >= 0.3 is 0 Å². The fraction of sp³-hybridized carbons (Fsp3) is 0.222. The highest BCUT2D eigenvalue weighted by molar-refractivity contribution is 9.10. The van der Waals surface area contributed by atoms with Crippen molar-refractivity contribution >= 4 is 38.6 Å². The van der Waals surface area contributed by atoms with Crippen LogP contribution in [0.5, 0.6) is 0 Å². The number of hydrogen-bond donors (Lipinski definition) is 1. The van der Waals surface area contributed by atoms with E-state index < -0.39 is 0 Å². The molecule has 2 rings (SSSR count). The molecular weight excluding hydrogens is 251 g/mol. The SMILES string of the molecule is Cc1c(Br)cc2nc(Cl)[nH]c2c1C. The molecule has 0 fully saturated rings. The van der Waals surface area contributed by atoms with Crippen LogP contribution in [-0.4, -0.2) is 9.97 Å². The Kier molecular flexibility index (Phi) is 2.08. The fourth-order valence-corrected chi connectivity index (χ4v) is 2.04. The van der Waals surface area contributed by atoms with Crippen LogP contribution in [0.25, 0.3) is 11.0 Å². The zero-order valence-electron chi connectivity index (χ0n) is 7.28. The molecule has 68 valence electrons. The lowest BCUT2D eigenvalue weighted by Gasteiger charge is -2.02. The van der Waals surface area contributed by atoms with E-state index in [1.54, 1.807) is 0 Å². The van der Waals surface area contributed by atoms with Crippen molar-refractivity contribution < 1.29 is 0 Å². The van der Waals surface area contributed by atoms with E-state index in [4.69, 9.17) is 11.6 Å². The maximum Gasteiger partial charge on any atom is 0.201 e. The number of fused-ring (bicyclic) bond motifs is 1. The lowest BCUT2D eigenvalue weighted by molar-refractivity contribution is 1.31. The minimum absolute atomic E-state index is 0.440. The number of aromatic nitrogens is 2. The number of aryl methyl sites for hydroxylation is 1. The van der Waals surface area contributed by atoms with Gasteiger partial charge in [-0.05, 0) is 42.6 Å². The molecule has 0 saturated heterocycles. The summed E-state index contributed by atoms with van der Waals surface area (Å²) in [6.45, 7) is 4.12. The summed E-state index contributed by atoms with van der Waals surface area (Å²) in [5.41, 5.74) is 4.32. The molecule has 2 nitrogen and oxygen atoms in total. The highest BCUT2D eigenvalue weighted by Crippen LogP contribution is 2.27. The molecule has 0 saturated carbocycles. The van der Waals surface area contributed by atoms with Crippen molar-refractivity contribution in [1.29, 1.82) is 0 Å². The van der Waals surface area contributed by atoms with Crippen LogP contribution in [0.4, 0.5) is 0 Å². The van der Waals surface area contributed by atoms with E-state index in [0.29, 0.717) is 5.28 Å². The van der Waals surface area contributed by atoms with Crippen molar-refractivity contribution in [3.05, 3.63) is 26.9 Å². The van der Waals surface area contributed by atoms with Gasteiger partial charge in [-0.2, -0.15) is 0 Å². The molecule has 0 aliphatic heterocycles. The first-order valence-corrected chi connectivity index (χ1v) is 5.07. The second-order valence-corrected chi connectivity index (χ2v) is 4.24. The Morgan fingerprint density at radius 3 is 2.77 bits per heavy atom. The minimum Gasteiger partial charge on any atom is -0.328 e. The van der Waals surface area contributed by atoms with Gasteiger partial charge in [0.1, 0.15) is 0 Å². The largest absolute Gasteiger partial charge is 0.328 e. The number of hydrogen-bond acceptors (Lipinski definition) is 1. The summed E-state index contributed by atoms with van der Waals surface area (Å²) in [6.07, 6.45) is 0.